The van der Waals surface area contributed by atoms with Crippen molar-refractivity contribution in [2.45, 2.75) is 18.8 Å². The predicted molar refractivity (Wildman–Crippen MR) is 121 cm³/mol. The van der Waals surface area contributed by atoms with Crippen molar-refractivity contribution in [3.05, 3.63) is 112 Å². The van der Waals surface area contributed by atoms with Gasteiger partial charge in [0.05, 0.1) is 5.92 Å². The number of carbonyl (C=O) groups is 2. The molecule has 0 radical (unpaired) electrons. The molecule has 2 atom stereocenters. The maximum atomic E-state index is 13.0. The van der Waals surface area contributed by atoms with Crippen LogP contribution in [0.1, 0.15) is 40.2 Å². The van der Waals surface area contributed by atoms with Crippen LogP contribution < -0.4 is 0 Å². The van der Waals surface area contributed by atoms with Gasteiger partial charge in [-0.15, -0.1) is 0 Å². The molecule has 1 aliphatic heterocycles. The summed E-state index contributed by atoms with van der Waals surface area (Å²) in [6.45, 7) is 0. The number of hydrogen-bond donors (Lipinski definition) is 0. The summed E-state index contributed by atoms with van der Waals surface area (Å²) in [5.74, 6) is -0.249. The number of cyclic esters (lactones) is 1. The zero-order valence-corrected chi connectivity index (χ0v) is 17.9. The van der Waals surface area contributed by atoms with E-state index >= 15 is 0 Å². The van der Waals surface area contributed by atoms with Crippen LogP contribution in [0.25, 0.3) is 5.76 Å². The highest BCUT2D eigenvalue weighted by Crippen LogP contribution is 2.39. The lowest BCUT2D eigenvalue weighted by Crippen LogP contribution is -2.28. The number of allylic oxidation sites excluding steroid dienone is 1. The van der Waals surface area contributed by atoms with E-state index in [0.29, 0.717) is 24.2 Å². The molecule has 30 heavy (non-hydrogen) atoms. The highest BCUT2D eigenvalue weighted by molar-refractivity contribution is 9.10. The fourth-order valence-corrected chi connectivity index (χ4v) is 4.20. The number of esters is 1. The van der Waals surface area contributed by atoms with Crippen LogP contribution in [0.2, 0.25) is 0 Å². The standard InChI is InChI=1S/C26H21BrO3/c27-21-13-7-12-20(16-21)25-17-23(18-8-3-1-4-9-18)22(26(29)30-25)14-15-24(28)19-10-5-2-6-11-19/h1-13,16-17,22-23H,14-15H2/t22-,23+/m0/s1. The summed E-state index contributed by atoms with van der Waals surface area (Å²) in [6.07, 6.45) is 2.75. The molecular weight excluding hydrogens is 440 g/mol. The Labute approximate surface area is 184 Å². The first-order chi connectivity index (χ1) is 14.6. The summed E-state index contributed by atoms with van der Waals surface area (Å²) in [4.78, 5) is 25.6. The summed E-state index contributed by atoms with van der Waals surface area (Å²) >= 11 is 3.47. The van der Waals surface area contributed by atoms with Crippen LogP contribution in [0.4, 0.5) is 0 Å². The van der Waals surface area contributed by atoms with Crippen molar-refractivity contribution in [3.8, 4) is 0 Å². The third kappa shape index (κ3) is 4.60. The van der Waals surface area contributed by atoms with Gasteiger partial charge in [0.1, 0.15) is 5.76 Å². The van der Waals surface area contributed by atoms with Gasteiger partial charge in [0, 0.05) is 27.9 Å². The molecule has 3 aromatic carbocycles. The minimum atomic E-state index is -0.407. The minimum Gasteiger partial charge on any atom is -0.426 e. The number of ether oxygens (including phenoxy) is 1. The van der Waals surface area contributed by atoms with Crippen LogP contribution >= 0.6 is 15.9 Å². The molecule has 0 unspecified atom stereocenters. The Kier molecular flexibility index (Phi) is 6.24. The maximum absolute atomic E-state index is 13.0. The van der Waals surface area contributed by atoms with Gasteiger partial charge in [-0.25, -0.2) is 0 Å². The molecule has 0 aromatic heterocycles. The van der Waals surface area contributed by atoms with Crippen molar-refractivity contribution in [2.24, 2.45) is 5.92 Å². The number of benzene rings is 3. The van der Waals surface area contributed by atoms with Crippen molar-refractivity contribution in [1.82, 2.24) is 0 Å². The van der Waals surface area contributed by atoms with E-state index < -0.39 is 5.92 Å². The van der Waals surface area contributed by atoms with E-state index in [1.54, 1.807) is 0 Å². The first kappa shape index (κ1) is 20.3. The molecule has 0 saturated carbocycles. The molecule has 0 saturated heterocycles. The van der Waals surface area contributed by atoms with Gasteiger partial charge in [-0.05, 0) is 30.2 Å². The van der Waals surface area contributed by atoms with Gasteiger partial charge in [0.15, 0.2) is 5.78 Å². The van der Waals surface area contributed by atoms with E-state index in [4.69, 9.17) is 4.74 Å². The number of Topliss-reactive ketones (excluding diaryl/α,β-unsaturated/α-hetero) is 1. The van der Waals surface area contributed by atoms with Gasteiger partial charge in [0.25, 0.3) is 0 Å². The van der Waals surface area contributed by atoms with Gasteiger partial charge in [-0.3, -0.25) is 9.59 Å². The molecule has 3 aromatic rings. The Bertz CT molecular complexity index is 1070. The van der Waals surface area contributed by atoms with E-state index in [-0.39, 0.29) is 17.7 Å². The number of hydrogen-bond acceptors (Lipinski definition) is 3. The van der Waals surface area contributed by atoms with Gasteiger partial charge in [-0.1, -0.05) is 88.7 Å². The molecule has 0 spiro atoms. The average Bonchev–Trinajstić information content (AvgIpc) is 2.79. The first-order valence-electron chi connectivity index (χ1n) is 9.94. The summed E-state index contributed by atoms with van der Waals surface area (Å²) in [5, 5.41) is 0. The highest BCUT2D eigenvalue weighted by atomic mass is 79.9. The van der Waals surface area contributed by atoms with Crippen LogP contribution in [-0.2, 0) is 9.53 Å². The van der Waals surface area contributed by atoms with E-state index in [1.165, 1.54) is 0 Å². The van der Waals surface area contributed by atoms with Crippen molar-refractivity contribution >= 4 is 33.4 Å². The summed E-state index contributed by atoms with van der Waals surface area (Å²) in [6, 6.07) is 26.8. The molecule has 1 aliphatic rings. The van der Waals surface area contributed by atoms with Gasteiger partial charge >= 0.3 is 5.97 Å². The SMILES string of the molecule is O=C(CC[C@@H]1C(=O)OC(c2cccc(Br)c2)=C[C@@H]1c1ccccc1)c1ccccc1. The van der Waals surface area contributed by atoms with Crippen molar-refractivity contribution in [2.75, 3.05) is 0 Å². The fourth-order valence-electron chi connectivity index (χ4n) is 3.80. The lowest BCUT2D eigenvalue weighted by Gasteiger charge is -2.29. The van der Waals surface area contributed by atoms with E-state index in [2.05, 4.69) is 15.9 Å². The van der Waals surface area contributed by atoms with Crippen LogP contribution in [0.5, 0.6) is 0 Å². The number of ketones is 1. The second kappa shape index (κ2) is 9.23. The first-order valence-corrected chi connectivity index (χ1v) is 10.7. The van der Waals surface area contributed by atoms with Crippen LogP contribution in [-0.4, -0.2) is 11.8 Å². The molecule has 0 aliphatic carbocycles. The van der Waals surface area contributed by atoms with Gasteiger partial charge in [0.2, 0.25) is 0 Å². The Balaban J connectivity index is 1.62. The fraction of sp³-hybridized carbons (Fsp3) is 0.154. The van der Waals surface area contributed by atoms with E-state index in [9.17, 15) is 9.59 Å². The number of carbonyl (C=O) groups excluding carboxylic acids is 2. The van der Waals surface area contributed by atoms with Crippen molar-refractivity contribution in [3.63, 3.8) is 0 Å². The van der Waals surface area contributed by atoms with Gasteiger partial charge in [-0.2, -0.15) is 0 Å². The molecule has 1 heterocycles. The molecular formula is C26H21BrO3. The zero-order chi connectivity index (χ0) is 20.9. The van der Waals surface area contributed by atoms with E-state index in [0.717, 1.165) is 15.6 Å². The lowest BCUT2D eigenvalue weighted by atomic mass is 9.80. The smallest absolute Gasteiger partial charge is 0.315 e. The number of rotatable bonds is 6. The summed E-state index contributed by atoms with van der Waals surface area (Å²) in [5.41, 5.74) is 2.56. The van der Waals surface area contributed by atoms with Crippen LogP contribution in [0.3, 0.4) is 0 Å². The maximum Gasteiger partial charge on any atom is 0.315 e. The molecule has 0 fully saturated rings. The summed E-state index contributed by atoms with van der Waals surface area (Å²) < 4.78 is 6.64. The minimum absolute atomic E-state index is 0.0389. The molecule has 0 bridgehead atoms. The predicted octanol–water partition coefficient (Wildman–Crippen LogP) is 6.41. The second-order valence-electron chi connectivity index (χ2n) is 7.33. The third-order valence-corrected chi connectivity index (χ3v) is 5.84. The molecule has 4 heteroatoms. The van der Waals surface area contributed by atoms with Crippen LogP contribution in [0.15, 0.2) is 95.5 Å². The van der Waals surface area contributed by atoms with Gasteiger partial charge < -0.3 is 4.74 Å². The Morgan fingerprint density at radius 1 is 0.900 bits per heavy atom. The van der Waals surface area contributed by atoms with Crippen molar-refractivity contribution < 1.29 is 14.3 Å². The second-order valence-corrected chi connectivity index (χ2v) is 8.25. The monoisotopic (exact) mass is 460 g/mol. The average molecular weight is 461 g/mol. The van der Waals surface area contributed by atoms with E-state index in [1.807, 2.05) is 91.0 Å². The lowest BCUT2D eigenvalue weighted by molar-refractivity contribution is -0.143. The Morgan fingerprint density at radius 2 is 1.60 bits per heavy atom. The quantitative estimate of drug-likeness (QED) is 0.315. The normalized spacial score (nSPS) is 18.4. The van der Waals surface area contributed by atoms with Crippen molar-refractivity contribution in [1.29, 1.82) is 0 Å². The largest absolute Gasteiger partial charge is 0.426 e. The Morgan fingerprint density at radius 3 is 2.30 bits per heavy atom. The molecule has 3 nitrogen and oxygen atoms in total. The third-order valence-electron chi connectivity index (χ3n) is 5.35. The number of halogens is 1. The summed E-state index contributed by atoms with van der Waals surface area (Å²) in [7, 11) is 0. The zero-order valence-electron chi connectivity index (χ0n) is 16.3. The van der Waals surface area contributed by atoms with Crippen LogP contribution in [0, 0.1) is 5.92 Å². The molecule has 0 N–H and O–H groups in total. The molecule has 4 rings (SSSR count). The molecule has 0 amide bonds. The highest BCUT2D eigenvalue weighted by Gasteiger charge is 2.35. The molecule has 150 valence electrons. The Hall–Kier alpha value is -2.98. The topological polar surface area (TPSA) is 43.4 Å².